The lowest BCUT2D eigenvalue weighted by Gasteiger charge is -2.16. The topological polar surface area (TPSA) is 0 Å². The molecular formula is C12H25P. The molecule has 0 nitrogen and oxygen atoms in total. The largest absolute Gasteiger partial charge is 0.107 e. The molecule has 1 atom stereocenters. The van der Waals surface area contributed by atoms with Crippen LogP contribution in [-0.2, 0) is 0 Å². The second-order valence-corrected chi connectivity index (χ2v) is 6.84. The van der Waals surface area contributed by atoms with Gasteiger partial charge in [-0.2, -0.15) is 0 Å². The van der Waals surface area contributed by atoms with Crippen LogP contribution in [0.25, 0.3) is 0 Å². The lowest BCUT2D eigenvalue weighted by atomic mass is 10.0. The van der Waals surface area contributed by atoms with Gasteiger partial charge in [-0.3, -0.25) is 0 Å². The Hall–Kier alpha value is 0.170. The zero-order valence-corrected chi connectivity index (χ0v) is 10.4. The van der Waals surface area contributed by atoms with E-state index in [-0.39, 0.29) is 0 Å². The van der Waals surface area contributed by atoms with Crippen molar-refractivity contribution in [3.8, 4) is 0 Å². The molecule has 0 radical (unpaired) electrons. The fourth-order valence-electron chi connectivity index (χ4n) is 1.49. The van der Waals surface area contributed by atoms with Crippen molar-refractivity contribution >= 4 is 7.92 Å². The molecule has 0 heterocycles. The molecule has 0 aliphatic carbocycles. The maximum atomic E-state index is 3.76. The van der Waals surface area contributed by atoms with E-state index in [4.69, 9.17) is 0 Å². The van der Waals surface area contributed by atoms with Crippen LogP contribution < -0.4 is 0 Å². The summed E-state index contributed by atoms with van der Waals surface area (Å²) in [6.45, 7) is 10.8. The molecule has 0 aliphatic heterocycles. The summed E-state index contributed by atoms with van der Waals surface area (Å²) in [5.41, 5.74) is 0. The minimum Gasteiger partial charge on any atom is -0.107 e. The highest BCUT2D eigenvalue weighted by molar-refractivity contribution is 7.57. The van der Waals surface area contributed by atoms with Crippen LogP contribution in [-0.4, -0.2) is 18.5 Å². The first-order chi connectivity index (χ1) is 6.24. The molecule has 1 heteroatoms. The van der Waals surface area contributed by atoms with Crippen molar-refractivity contribution in [2.24, 2.45) is 5.92 Å². The third-order valence-corrected chi connectivity index (χ3v) is 5.38. The van der Waals surface area contributed by atoms with Gasteiger partial charge in [-0.1, -0.05) is 26.8 Å². The van der Waals surface area contributed by atoms with E-state index in [1.807, 2.05) is 6.08 Å². The molecule has 0 aromatic carbocycles. The Balaban J connectivity index is 3.43. The molecule has 0 aliphatic rings. The number of hydrogen-bond acceptors (Lipinski definition) is 0. The van der Waals surface area contributed by atoms with Crippen LogP contribution in [0.4, 0.5) is 0 Å². The minimum atomic E-state index is 0.370. The third-order valence-electron chi connectivity index (χ3n) is 2.70. The molecule has 0 aromatic heterocycles. The molecule has 0 amide bonds. The second kappa shape index (κ2) is 8.75. The third kappa shape index (κ3) is 7.26. The molecule has 0 saturated heterocycles. The summed E-state index contributed by atoms with van der Waals surface area (Å²) >= 11 is 0. The van der Waals surface area contributed by atoms with Gasteiger partial charge in [-0.25, -0.2) is 0 Å². The molecule has 0 spiro atoms. The van der Waals surface area contributed by atoms with Gasteiger partial charge in [0.2, 0.25) is 0 Å². The fraction of sp³-hybridized carbons (Fsp3) is 0.833. The quantitative estimate of drug-likeness (QED) is 0.400. The molecule has 0 aromatic rings. The van der Waals surface area contributed by atoms with Gasteiger partial charge >= 0.3 is 0 Å². The van der Waals surface area contributed by atoms with Gasteiger partial charge in [0, 0.05) is 0 Å². The van der Waals surface area contributed by atoms with Gasteiger partial charge in [-0.05, 0) is 43.7 Å². The zero-order valence-electron chi connectivity index (χ0n) is 9.55. The van der Waals surface area contributed by atoms with Gasteiger partial charge in [0.25, 0.3) is 0 Å². The van der Waals surface area contributed by atoms with Crippen LogP contribution in [0.15, 0.2) is 12.7 Å². The second-order valence-electron chi connectivity index (χ2n) is 3.79. The van der Waals surface area contributed by atoms with E-state index in [0.717, 1.165) is 5.92 Å². The van der Waals surface area contributed by atoms with Crippen LogP contribution in [0.5, 0.6) is 0 Å². The summed E-state index contributed by atoms with van der Waals surface area (Å²) in [4.78, 5) is 0. The van der Waals surface area contributed by atoms with Crippen molar-refractivity contribution < 1.29 is 0 Å². The van der Waals surface area contributed by atoms with E-state index in [1.54, 1.807) is 0 Å². The SMILES string of the molecule is C=CCCC(C)CCP(CC)CC. The lowest BCUT2D eigenvalue weighted by molar-refractivity contribution is 0.524. The van der Waals surface area contributed by atoms with E-state index in [2.05, 4.69) is 27.4 Å². The van der Waals surface area contributed by atoms with Crippen molar-refractivity contribution in [3.05, 3.63) is 12.7 Å². The Morgan fingerprint density at radius 1 is 1.23 bits per heavy atom. The normalized spacial score (nSPS) is 13.2. The van der Waals surface area contributed by atoms with Gasteiger partial charge in [0.05, 0.1) is 0 Å². The predicted molar refractivity (Wildman–Crippen MR) is 66.1 cm³/mol. The Bertz CT molecular complexity index is 116. The zero-order chi connectivity index (χ0) is 10.1. The van der Waals surface area contributed by atoms with Gasteiger partial charge in [-0.15, -0.1) is 14.5 Å². The van der Waals surface area contributed by atoms with Gasteiger partial charge in [0.15, 0.2) is 0 Å². The van der Waals surface area contributed by atoms with Crippen molar-refractivity contribution in [1.29, 1.82) is 0 Å². The summed E-state index contributed by atoms with van der Waals surface area (Å²) in [6, 6.07) is 0. The maximum Gasteiger partial charge on any atom is -0.0324 e. The summed E-state index contributed by atoms with van der Waals surface area (Å²) < 4.78 is 0. The average molecular weight is 200 g/mol. The number of hydrogen-bond donors (Lipinski definition) is 0. The molecule has 0 rings (SSSR count). The maximum absolute atomic E-state index is 3.76. The van der Waals surface area contributed by atoms with Gasteiger partial charge in [0.1, 0.15) is 0 Å². The van der Waals surface area contributed by atoms with E-state index in [0.29, 0.717) is 7.92 Å². The first kappa shape index (κ1) is 13.2. The van der Waals surface area contributed by atoms with Crippen LogP contribution in [0.2, 0.25) is 0 Å². The molecule has 1 unspecified atom stereocenters. The Morgan fingerprint density at radius 3 is 2.31 bits per heavy atom. The first-order valence-electron chi connectivity index (χ1n) is 5.57. The van der Waals surface area contributed by atoms with E-state index in [9.17, 15) is 0 Å². The van der Waals surface area contributed by atoms with Crippen molar-refractivity contribution in [3.63, 3.8) is 0 Å². The molecule has 0 saturated carbocycles. The van der Waals surface area contributed by atoms with Crippen LogP contribution in [0.1, 0.15) is 40.0 Å². The van der Waals surface area contributed by atoms with Crippen molar-refractivity contribution in [1.82, 2.24) is 0 Å². The Kier molecular flexibility index (Phi) is 8.87. The van der Waals surface area contributed by atoms with E-state index >= 15 is 0 Å². The lowest BCUT2D eigenvalue weighted by Crippen LogP contribution is -1.99. The molecular weight excluding hydrogens is 175 g/mol. The van der Waals surface area contributed by atoms with E-state index < -0.39 is 0 Å². The van der Waals surface area contributed by atoms with Gasteiger partial charge < -0.3 is 0 Å². The molecule has 78 valence electrons. The number of rotatable bonds is 8. The predicted octanol–water partition coefficient (Wildman–Crippen LogP) is 4.50. The molecule has 0 fully saturated rings. The highest BCUT2D eigenvalue weighted by Gasteiger charge is 2.05. The summed E-state index contributed by atoms with van der Waals surface area (Å²) in [7, 11) is 0.370. The standard InChI is InChI=1S/C12H25P/c1-5-8-9-12(4)10-11-13(6-2)7-3/h5,12H,1,6-11H2,2-4H3. The smallest absolute Gasteiger partial charge is 0.0324 e. The van der Waals surface area contributed by atoms with Crippen LogP contribution in [0.3, 0.4) is 0 Å². The Labute approximate surface area is 85.6 Å². The summed E-state index contributed by atoms with van der Waals surface area (Å²) in [6.07, 6.45) is 10.3. The molecule has 0 bridgehead atoms. The number of allylic oxidation sites excluding steroid dienone is 1. The fourth-order valence-corrected chi connectivity index (χ4v) is 3.38. The van der Waals surface area contributed by atoms with Crippen molar-refractivity contribution in [2.45, 2.75) is 40.0 Å². The summed E-state index contributed by atoms with van der Waals surface area (Å²) in [5, 5.41) is 0. The highest BCUT2D eigenvalue weighted by atomic mass is 31.1. The summed E-state index contributed by atoms with van der Waals surface area (Å²) in [5.74, 6) is 0.904. The van der Waals surface area contributed by atoms with Crippen LogP contribution >= 0.6 is 7.92 Å². The highest BCUT2D eigenvalue weighted by Crippen LogP contribution is 2.36. The molecule has 13 heavy (non-hydrogen) atoms. The Morgan fingerprint density at radius 2 is 1.85 bits per heavy atom. The van der Waals surface area contributed by atoms with Crippen LogP contribution in [0, 0.1) is 5.92 Å². The molecule has 0 N–H and O–H groups in total. The average Bonchev–Trinajstić information content (AvgIpc) is 2.16. The monoisotopic (exact) mass is 200 g/mol. The minimum absolute atomic E-state index is 0.370. The first-order valence-corrected chi connectivity index (χ1v) is 7.47. The van der Waals surface area contributed by atoms with Crippen molar-refractivity contribution in [2.75, 3.05) is 18.5 Å². The van der Waals surface area contributed by atoms with E-state index in [1.165, 1.54) is 37.7 Å².